The van der Waals surface area contributed by atoms with Crippen molar-refractivity contribution in [2.45, 2.75) is 19.4 Å². The van der Waals surface area contributed by atoms with Gasteiger partial charge in [-0.1, -0.05) is 0 Å². The molecule has 5 heteroatoms. The van der Waals surface area contributed by atoms with Gasteiger partial charge in [-0.15, -0.1) is 0 Å². The first-order valence-electron chi connectivity index (χ1n) is 4.85. The van der Waals surface area contributed by atoms with Gasteiger partial charge < -0.3 is 16.0 Å². The molecule has 1 fully saturated rings. The maximum Gasteiger partial charge on any atom is 0.239 e. The highest BCUT2D eigenvalue weighted by molar-refractivity contribution is 5.87. The molecular weight excluding hydrogens is 182 g/mol. The lowest BCUT2D eigenvalue weighted by Crippen LogP contribution is -2.41. The molecule has 0 bridgehead atoms. The predicted octanol–water partition coefficient (Wildman–Crippen LogP) is -1.07. The Labute approximate surface area is 83.6 Å². The van der Waals surface area contributed by atoms with E-state index in [0.717, 1.165) is 6.42 Å². The first-order valence-corrected chi connectivity index (χ1v) is 4.85. The van der Waals surface area contributed by atoms with Crippen LogP contribution in [-0.2, 0) is 9.59 Å². The van der Waals surface area contributed by atoms with Crippen molar-refractivity contribution in [3.63, 3.8) is 0 Å². The Hall–Kier alpha value is -1.10. The van der Waals surface area contributed by atoms with Crippen molar-refractivity contribution in [3.8, 4) is 0 Å². The quantitative estimate of drug-likeness (QED) is 0.605. The van der Waals surface area contributed by atoms with E-state index in [1.807, 2.05) is 6.92 Å². The maximum atomic E-state index is 11.7. The highest BCUT2D eigenvalue weighted by Crippen LogP contribution is 2.29. The fraction of sp³-hybridized carbons (Fsp3) is 0.778. The van der Waals surface area contributed by atoms with Gasteiger partial charge in [0.1, 0.15) is 0 Å². The number of carbonyl (C=O) groups is 2. The predicted molar refractivity (Wildman–Crippen MR) is 52.4 cm³/mol. The second-order valence-electron chi connectivity index (χ2n) is 3.53. The van der Waals surface area contributed by atoms with Crippen LogP contribution in [-0.4, -0.2) is 42.9 Å². The number of hydrogen-bond acceptors (Lipinski definition) is 3. The molecule has 14 heavy (non-hydrogen) atoms. The van der Waals surface area contributed by atoms with E-state index in [0.29, 0.717) is 6.54 Å². The van der Waals surface area contributed by atoms with E-state index in [1.165, 1.54) is 4.90 Å². The van der Waals surface area contributed by atoms with Crippen LogP contribution in [0.5, 0.6) is 0 Å². The number of likely N-dealkylation sites (N-methyl/N-ethyl adjacent to an activating group) is 2. The second kappa shape index (κ2) is 4.41. The Morgan fingerprint density at radius 3 is 2.50 bits per heavy atom. The molecule has 0 spiro atoms. The van der Waals surface area contributed by atoms with Gasteiger partial charge in [-0.2, -0.15) is 0 Å². The molecule has 5 nitrogen and oxygen atoms in total. The van der Waals surface area contributed by atoms with Gasteiger partial charge in [-0.3, -0.25) is 9.59 Å². The van der Waals surface area contributed by atoms with Crippen LogP contribution in [0.15, 0.2) is 0 Å². The first kappa shape index (κ1) is 11.0. The van der Waals surface area contributed by atoms with Crippen LogP contribution >= 0.6 is 0 Å². The molecule has 1 saturated carbocycles. The summed E-state index contributed by atoms with van der Waals surface area (Å²) in [4.78, 5) is 24.3. The van der Waals surface area contributed by atoms with Gasteiger partial charge in [0.25, 0.3) is 0 Å². The van der Waals surface area contributed by atoms with Gasteiger partial charge in [0.05, 0.1) is 12.5 Å². The fourth-order valence-corrected chi connectivity index (χ4v) is 1.33. The van der Waals surface area contributed by atoms with Gasteiger partial charge >= 0.3 is 0 Å². The van der Waals surface area contributed by atoms with Crippen molar-refractivity contribution in [1.29, 1.82) is 0 Å². The van der Waals surface area contributed by atoms with Crippen LogP contribution in [0.2, 0.25) is 0 Å². The molecule has 2 atom stereocenters. The summed E-state index contributed by atoms with van der Waals surface area (Å²) in [5.74, 6) is -0.197. The molecular formula is C9H17N3O2. The summed E-state index contributed by atoms with van der Waals surface area (Å²) in [7, 11) is 1.56. The minimum Gasteiger partial charge on any atom is -0.358 e. The summed E-state index contributed by atoms with van der Waals surface area (Å²) in [5.41, 5.74) is 5.58. The van der Waals surface area contributed by atoms with Crippen molar-refractivity contribution in [1.82, 2.24) is 10.2 Å². The van der Waals surface area contributed by atoms with Gasteiger partial charge in [0, 0.05) is 19.6 Å². The van der Waals surface area contributed by atoms with Crippen LogP contribution in [0.25, 0.3) is 0 Å². The third-order valence-electron chi connectivity index (χ3n) is 2.46. The van der Waals surface area contributed by atoms with E-state index < -0.39 is 0 Å². The molecule has 0 aromatic heterocycles. The zero-order chi connectivity index (χ0) is 10.7. The minimum atomic E-state index is -0.144. The third-order valence-corrected chi connectivity index (χ3v) is 2.46. The largest absolute Gasteiger partial charge is 0.358 e. The molecule has 2 unspecified atom stereocenters. The van der Waals surface area contributed by atoms with Crippen LogP contribution in [0.4, 0.5) is 0 Å². The van der Waals surface area contributed by atoms with E-state index in [4.69, 9.17) is 5.73 Å². The standard InChI is InChI=1S/C9H17N3O2/c1-3-12(5-8(13)11-2)9(14)6-4-7(6)10/h6-7H,3-5,10H2,1-2H3,(H,11,13). The van der Waals surface area contributed by atoms with Crippen molar-refractivity contribution < 1.29 is 9.59 Å². The number of hydrogen-bond donors (Lipinski definition) is 2. The normalized spacial score (nSPS) is 24.2. The van der Waals surface area contributed by atoms with E-state index in [9.17, 15) is 9.59 Å². The van der Waals surface area contributed by atoms with Crippen LogP contribution in [0.3, 0.4) is 0 Å². The van der Waals surface area contributed by atoms with Crippen molar-refractivity contribution >= 4 is 11.8 Å². The van der Waals surface area contributed by atoms with Crippen molar-refractivity contribution in [2.24, 2.45) is 11.7 Å². The molecule has 0 radical (unpaired) electrons. The minimum absolute atomic E-state index is 0.00115. The zero-order valence-electron chi connectivity index (χ0n) is 8.62. The molecule has 1 aliphatic rings. The Kier molecular flexibility index (Phi) is 3.46. The van der Waals surface area contributed by atoms with E-state index in [2.05, 4.69) is 5.32 Å². The number of rotatable bonds is 4. The topological polar surface area (TPSA) is 75.4 Å². The van der Waals surface area contributed by atoms with Crippen LogP contribution in [0, 0.1) is 5.92 Å². The second-order valence-corrected chi connectivity index (χ2v) is 3.53. The summed E-state index contributed by atoms with van der Waals surface area (Å²) in [6.45, 7) is 2.54. The zero-order valence-corrected chi connectivity index (χ0v) is 8.62. The molecule has 3 N–H and O–H groups in total. The Bertz CT molecular complexity index is 242. The highest BCUT2D eigenvalue weighted by Gasteiger charge is 2.42. The van der Waals surface area contributed by atoms with E-state index >= 15 is 0 Å². The summed E-state index contributed by atoms with van der Waals surface area (Å²) >= 11 is 0. The Morgan fingerprint density at radius 2 is 2.14 bits per heavy atom. The highest BCUT2D eigenvalue weighted by atomic mass is 16.2. The first-order chi connectivity index (χ1) is 6.60. The molecule has 1 aliphatic carbocycles. The number of carbonyl (C=O) groups excluding carboxylic acids is 2. The molecule has 0 aromatic rings. The molecule has 2 amide bonds. The van der Waals surface area contributed by atoms with Gasteiger partial charge in [-0.05, 0) is 13.3 Å². The molecule has 1 rings (SSSR count). The average Bonchev–Trinajstić information content (AvgIpc) is 2.90. The molecule has 0 saturated heterocycles. The lowest BCUT2D eigenvalue weighted by molar-refractivity contribution is -0.136. The van der Waals surface area contributed by atoms with Gasteiger partial charge in [0.2, 0.25) is 11.8 Å². The van der Waals surface area contributed by atoms with E-state index in [1.54, 1.807) is 7.05 Å². The summed E-state index contributed by atoms with van der Waals surface area (Å²) in [6, 6.07) is 0.00115. The molecule has 0 aromatic carbocycles. The summed E-state index contributed by atoms with van der Waals surface area (Å²) < 4.78 is 0. The molecule has 0 aliphatic heterocycles. The number of nitrogens with one attached hydrogen (secondary N) is 1. The molecule has 0 heterocycles. The van der Waals surface area contributed by atoms with Crippen molar-refractivity contribution in [2.75, 3.05) is 20.1 Å². The maximum absolute atomic E-state index is 11.7. The third kappa shape index (κ3) is 2.45. The fourth-order valence-electron chi connectivity index (χ4n) is 1.33. The summed E-state index contributed by atoms with van der Waals surface area (Å²) in [6.07, 6.45) is 0.753. The number of amides is 2. The van der Waals surface area contributed by atoms with Crippen molar-refractivity contribution in [3.05, 3.63) is 0 Å². The van der Waals surface area contributed by atoms with Gasteiger partial charge in [0.15, 0.2) is 0 Å². The smallest absolute Gasteiger partial charge is 0.239 e. The lowest BCUT2D eigenvalue weighted by Gasteiger charge is -2.19. The average molecular weight is 199 g/mol. The monoisotopic (exact) mass is 199 g/mol. The Balaban J connectivity index is 2.45. The SMILES string of the molecule is CCN(CC(=O)NC)C(=O)C1CC1N. The lowest BCUT2D eigenvalue weighted by atomic mass is 10.3. The summed E-state index contributed by atoms with van der Waals surface area (Å²) in [5, 5.41) is 2.49. The molecule has 80 valence electrons. The Morgan fingerprint density at radius 1 is 1.57 bits per heavy atom. The van der Waals surface area contributed by atoms with Crippen LogP contribution < -0.4 is 11.1 Å². The van der Waals surface area contributed by atoms with Gasteiger partial charge in [-0.25, -0.2) is 0 Å². The van der Waals surface area contributed by atoms with Crippen LogP contribution in [0.1, 0.15) is 13.3 Å². The number of nitrogens with zero attached hydrogens (tertiary/aromatic N) is 1. The number of nitrogens with two attached hydrogens (primary N) is 1. The van der Waals surface area contributed by atoms with E-state index in [-0.39, 0.29) is 30.3 Å².